The Balaban J connectivity index is 1.35. The Morgan fingerprint density at radius 1 is 1.06 bits per heavy atom. The molecule has 3 heterocycles. The van der Waals surface area contributed by atoms with Crippen LogP contribution in [-0.2, 0) is 19.5 Å². The summed E-state index contributed by atoms with van der Waals surface area (Å²) in [6.07, 6.45) is 2.66. The number of aliphatic hydroxyl groups is 1. The van der Waals surface area contributed by atoms with E-state index in [1.807, 2.05) is 30.5 Å². The molecule has 1 aromatic heterocycles. The van der Waals surface area contributed by atoms with E-state index in [-0.39, 0.29) is 23.9 Å². The summed E-state index contributed by atoms with van der Waals surface area (Å²) in [6.45, 7) is 4.19. The smallest absolute Gasteiger partial charge is 0.123 e. The topological polar surface area (TPSA) is 48.8 Å². The molecule has 1 spiro atoms. The van der Waals surface area contributed by atoms with E-state index in [1.165, 1.54) is 28.3 Å². The van der Waals surface area contributed by atoms with Crippen LogP contribution in [0.25, 0.3) is 5.57 Å². The first-order valence-electron chi connectivity index (χ1n) is 12.2. The van der Waals surface area contributed by atoms with Gasteiger partial charge in [-0.15, -0.1) is 0 Å². The van der Waals surface area contributed by atoms with Gasteiger partial charge < -0.3 is 9.84 Å². The van der Waals surface area contributed by atoms with Gasteiger partial charge in [-0.05, 0) is 70.7 Å². The monoisotopic (exact) mass is 471 g/mol. The molecule has 1 N–H and O–H groups in total. The molecule has 1 aliphatic carbocycles. The third kappa shape index (κ3) is 3.96. The van der Waals surface area contributed by atoms with Crippen molar-refractivity contribution >= 4 is 5.57 Å². The van der Waals surface area contributed by atoms with Gasteiger partial charge in [0.25, 0.3) is 0 Å². The molecule has 6 rings (SSSR count). The van der Waals surface area contributed by atoms with Gasteiger partial charge >= 0.3 is 0 Å². The van der Waals surface area contributed by atoms with E-state index in [0.717, 1.165) is 49.6 Å². The average molecular weight is 472 g/mol. The lowest BCUT2D eigenvalue weighted by atomic mass is 9.67. The van der Waals surface area contributed by atoms with Crippen molar-refractivity contribution in [1.82, 2.24) is 14.8 Å². The van der Waals surface area contributed by atoms with Crippen LogP contribution in [0.3, 0.4) is 0 Å². The third-order valence-electron chi connectivity index (χ3n) is 7.77. The van der Waals surface area contributed by atoms with Gasteiger partial charge in [-0.1, -0.05) is 24.3 Å². The molecule has 35 heavy (non-hydrogen) atoms. The van der Waals surface area contributed by atoms with Gasteiger partial charge in [-0.2, -0.15) is 0 Å². The number of benzene rings is 2. The van der Waals surface area contributed by atoms with Gasteiger partial charge in [0, 0.05) is 44.3 Å². The molecule has 0 amide bonds. The maximum Gasteiger partial charge on any atom is 0.123 e. The van der Waals surface area contributed by atoms with Gasteiger partial charge in [0.15, 0.2) is 0 Å². The Hall–Kier alpha value is -3.06. The molecule has 180 valence electrons. The van der Waals surface area contributed by atoms with Crippen LogP contribution >= 0.6 is 0 Å². The minimum Gasteiger partial charge on any atom is -0.497 e. The van der Waals surface area contributed by atoms with Crippen LogP contribution in [-0.4, -0.2) is 59.3 Å². The van der Waals surface area contributed by atoms with E-state index in [4.69, 9.17) is 4.74 Å². The Morgan fingerprint density at radius 2 is 1.94 bits per heavy atom. The lowest BCUT2D eigenvalue weighted by molar-refractivity contribution is -0.0146. The highest BCUT2D eigenvalue weighted by Gasteiger charge is 2.54. The minimum atomic E-state index is -0.222. The molecule has 2 aromatic carbocycles. The number of methoxy groups -OCH3 is 1. The quantitative estimate of drug-likeness (QED) is 0.591. The van der Waals surface area contributed by atoms with Gasteiger partial charge in [-0.3, -0.25) is 14.8 Å². The lowest BCUT2D eigenvalue weighted by Gasteiger charge is -2.57. The number of aromatic nitrogens is 1. The van der Waals surface area contributed by atoms with E-state index in [1.54, 1.807) is 19.2 Å². The van der Waals surface area contributed by atoms with Crippen molar-refractivity contribution in [2.45, 2.75) is 25.6 Å². The summed E-state index contributed by atoms with van der Waals surface area (Å²) >= 11 is 0. The molecule has 6 heteroatoms. The number of halogens is 1. The molecule has 1 atom stereocenters. The van der Waals surface area contributed by atoms with Crippen molar-refractivity contribution in [3.8, 4) is 5.75 Å². The second-order valence-electron chi connectivity index (χ2n) is 10.1. The summed E-state index contributed by atoms with van der Waals surface area (Å²) in [5.41, 5.74) is 7.25. The molecule has 3 aromatic rings. The van der Waals surface area contributed by atoms with Crippen molar-refractivity contribution in [3.63, 3.8) is 0 Å². The van der Waals surface area contributed by atoms with Crippen LogP contribution in [0, 0.1) is 11.2 Å². The molecule has 1 unspecified atom stereocenters. The van der Waals surface area contributed by atoms with Crippen LogP contribution in [0.2, 0.25) is 0 Å². The largest absolute Gasteiger partial charge is 0.497 e. The van der Waals surface area contributed by atoms with Crippen molar-refractivity contribution in [2.24, 2.45) is 5.41 Å². The molecular formula is C29H30FN3O2. The van der Waals surface area contributed by atoms with E-state index in [9.17, 15) is 9.50 Å². The number of nitrogens with zero attached hydrogens (tertiary/aromatic N) is 3. The zero-order chi connectivity index (χ0) is 24.0. The fourth-order valence-corrected chi connectivity index (χ4v) is 6.42. The van der Waals surface area contributed by atoms with Crippen LogP contribution in [0.1, 0.15) is 22.4 Å². The molecule has 3 aliphatic rings. The first-order valence-corrected chi connectivity index (χ1v) is 12.2. The first-order chi connectivity index (χ1) is 17.1. The van der Waals surface area contributed by atoms with E-state index in [2.05, 4.69) is 33.0 Å². The van der Waals surface area contributed by atoms with E-state index in [0.29, 0.717) is 6.54 Å². The fraction of sp³-hybridized carbons (Fsp3) is 0.345. The summed E-state index contributed by atoms with van der Waals surface area (Å²) in [5.74, 6) is 0.639. The molecule has 0 saturated carbocycles. The Labute approximate surface area is 205 Å². The summed E-state index contributed by atoms with van der Waals surface area (Å²) < 4.78 is 19.5. The van der Waals surface area contributed by atoms with Gasteiger partial charge in [-0.25, -0.2) is 4.39 Å². The van der Waals surface area contributed by atoms with Crippen molar-refractivity contribution < 1.29 is 14.2 Å². The summed E-state index contributed by atoms with van der Waals surface area (Å²) in [7, 11) is 1.70. The molecule has 0 radical (unpaired) electrons. The molecule has 0 bridgehead atoms. The van der Waals surface area contributed by atoms with E-state index >= 15 is 0 Å². The van der Waals surface area contributed by atoms with Crippen LogP contribution in [0.5, 0.6) is 5.75 Å². The van der Waals surface area contributed by atoms with Crippen LogP contribution < -0.4 is 4.74 Å². The predicted octanol–water partition coefficient (Wildman–Crippen LogP) is 3.92. The maximum atomic E-state index is 14.0. The van der Waals surface area contributed by atoms with Gasteiger partial charge in [0.1, 0.15) is 11.6 Å². The second kappa shape index (κ2) is 8.86. The number of fused-ring (bicyclic) bond motifs is 3. The zero-order valence-corrected chi connectivity index (χ0v) is 20.0. The van der Waals surface area contributed by atoms with Crippen molar-refractivity contribution in [2.75, 3.05) is 33.4 Å². The summed E-state index contributed by atoms with van der Waals surface area (Å²) in [4.78, 5) is 9.32. The molecule has 1 fully saturated rings. The Bertz CT molecular complexity index is 1270. The van der Waals surface area contributed by atoms with Crippen molar-refractivity contribution in [1.29, 1.82) is 0 Å². The number of aliphatic hydroxyl groups excluding tert-OH is 1. The molecule has 1 saturated heterocycles. The fourth-order valence-electron chi connectivity index (χ4n) is 6.42. The number of ether oxygens (including phenoxy) is 1. The summed E-state index contributed by atoms with van der Waals surface area (Å²) in [5, 5.41) is 10.5. The SMILES string of the molecule is COc1ccc2c(c1)CC1=C2C2(CN(Cc3ccccn3)C2)CN(Cc2cccc(F)c2)C1CO. The minimum absolute atomic E-state index is 0.0249. The number of pyridine rings is 1. The van der Waals surface area contributed by atoms with Gasteiger partial charge in [0.05, 0.1) is 25.5 Å². The highest BCUT2D eigenvalue weighted by molar-refractivity contribution is 5.83. The first kappa shape index (κ1) is 22.4. The Morgan fingerprint density at radius 3 is 2.69 bits per heavy atom. The lowest BCUT2D eigenvalue weighted by Crippen LogP contribution is -2.64. The highest BCUT2D eigenvalue weighted by atomic mass is 19.1. The van der Waals surface area contributed by atoms with E-state index < -0.39 is 0 Å². The maximum absolute atomic E-state index is 14.0. The van der Waals surface area contributed by atoms with Crippen molar-refractivity contribution in [3.05, 3.63) is 101 Å². The standard InChI is InChI=1S/C29H30FN3O2/c1-35-24-8-9-25-21(12-24)13-26-27(16-34)33(14-20-5-4-6-22(30)11-20)19-29(28(25)26)17-32(18-29)15-23-7-2-3-10-31-23/h2-12,27,34H,13-19H2,1H3. The zero-order valence-electron chi connectivity index (χ0n) is 20.0. The molecular weight excluding hydrogens is 441 g/mol. The predicted molar refractivity (Wildman–Crippen MR) is 133 cm³/mol. The molecule has 2 aliphatic heterocycles. The number of hydrogen-bond donors (Lipinski definition) is 1. The van der Waals surface area contributed by atoms with Crippen LogP contribution in [0.15, 0.2) is 72.4 Å². The number of rotatable bonds is 6. The average Bonchev–Trinajstić information content (AvgIpc) is 3.23. The van der Waals surface area contributed by atoms with Gasteiger partial charge in [0.2, 0.25) is 0 Å². The number of likely N-dealkylation sites (tertiary alicyclic amines) is 1. The second-order valence-corrected chi connectivity index (χ2v) is 10.1. The highest BCUT2D eigenvalue weighted by Crippen LogP contribution is 2.54. The van der Waals surface area contributed by atoms with Crippen LogP contribution in [0.4, 0.5) is 4.39 Å². The normalized spacial score (nSPS) is 21.1. The number of hydrogen-bond acceptors (Lipinski definition) is 5. The molecule has 5 nitrogen and oxygen atoms in total. The third-order valence-corrected chi connectivity index (χ3v) is 7.77. The summed E-state index contributed by atoms with van der Waals surface area (Å²) in [6, 6.07) is 19.2. The Kier molecular flexibility index (Phi) is 5.67.